The van der Waals surface area contributed by atoms with Crippen molar-refractivity contribution in [2.45, 2.75) is 25.1 Å². The van der Waals surface area contributed by atoms with Gasteiger partial charge in [-0.3, -0.25) is 9.80 Å². The third kappa shape index (κ3) is 7.36. The molecule has 0 aromatic heterocycles. The van der Waals surface area contributed by atoms with Crippen LogP contribution in [-0.4, -0.2) is 87.1 Å². The second-order valence-electron chi connectivity index (χ2n) is 6.04. The lowest BCUT2D eigenvalue weighted by atomic mass is 10.3. The third-order valence-corrected chi connectivity index (χ3v) is 4.04. The normalized spacial score (nSPS) is 24.4. The number of carbonyl (C=O) groups is 1. The van der Waals surface area contributed by atoms with Crippen molar-refractivity contribution >= 4 is 6.03 Å². The van der Waals surface area contributed by atoms with E-state index >= 15 is 0 Å². The van der Waals surface area contributed by atoms with Gasteiger partial charge in [-0.2, -0.15) is 13.2 Å². The molecule has 23 heavy (non-hydrogen) atoms. The lowest BCUT2D eigenvalue weighted by Crippen LogP contribution is -2.46. The average molecular weight is 338 g/mol. The number of amides is 2. The van der Waals surface area contributed by atoms with E-state index < -0.39 is 12.7 Å². The van der Waals surface area contributed by atoms with Crippen molar-refractivity contribution in [2.24, 2.45) is 0 Å². The lowest BCUT2D eigenvalue weighted by Gasteiger charge is -2.20. The number of rotatable bonds is 5. The molecule has 0 unspecified atom stereocenters. The summed E-state index contributed by atoms with van der Waals surface area (Å²) >= 11 is 0. The highest BCUT2D eigenvalue weighted by Crippen LogP contribution is 2.19. The van der Waals surface area contributed by atoms with Gasteiger partial charge in [-0.05, 0) is 12.8 Å². The number of carbonyl (C=O) groups excluding carboxylic acids is 1. The Morgan fingerprint density at radius 3 is 2.78 bits per heavy atom. The summed E-state index contributed by atoms with van der Waals surface area (Å²) in [5, 5.41) is 5.51. The third-order valence-electron chi connectivity index (χ3n) is 4.04. The van der Waals surface area contributed by atoms with Crippen LogP contribution in [-0.2, 0) is 4.74 Å². The van der Waals surface area contributed by atoms with Crippen molar-refractivity contribution in [1.82, 2.24) is 20.4 Å². The molecule has 2 aliphatic rings. The van der Waals surface area contributed by atoms with Crippen LogP contribution in [0.25, 0.3) is 0 Å². The number of nitrogens with zero attached hydrogens (tertiary/aromatic N) is 2. The number of hydrogen-bond acceptors (Lipinski definition) is 4. The molecule has 134 valence electrons. The van der Waals surface area contributed by atoms with E-state index in [2.05, 4.69) is 15.5 Å². The van der Waals surface area contributed by atoms with Crippen LogP contribution in [0.1, 0.15) is 12.8 Å². The van der Waals surface area contributed by atoms with Gasteiger partial charge in [-0.15, -0.1) is 0 Å². The fraction of sp³-hybridized carbons (Fsp3) is 0.929. The quantitative estimate of drug-likeness (QED) is 0.773. The summed E-state index contributed by atoms with van der Waals surface area (Å²) in [6.07, 6.45) is -2.65. The molecule has 0 saturated carbocycles. The van der Waals surface area contributed by atoms with Crippen molar-refractivity contribution in [3.63, 3.8) is 0 Å². The van der Waals surface area contributed by atoms with E-state index in [0.29, 0.717) is 26.1 Å². The van der Waals surface area contributed by atoms with Crippen molar-refractivity contribution in [1.29, 1.82) is 0 Å². The van der Waals surface area contributed by atoms with Crippen LogP contribution in [0.3, 0.4) is 0 Å². The molecule has 0 radical (unpaired) electrons. The summed E-state index contributed by atoms with van der Waals surface area (Å²) in [6.45, 7) is 4.27. The molecule has 2 amide bonds. The molecule has 2 rings (SSSR count). The molecular weight excluding hydrogens is 313 g/mol. The highest BCUT2D eigenvalue weighted by molar-refractivity contribution is 5.74. The number of ether oxygens (including phenoxy) is 1. The molecule has 0 aromatic rings. The fourth-order valence-electron chi connectivity index (χ4n) is 2.93. The van der Waals surface area contributed by atoms with E-state index in [9.17, 15) is 18.0 Å². The lowest BCUT2D eigenvalue weighted by molar-refractivity contribution is -0.143. The topological polar surface area (TPSA) is 56.8 Å². The van der Waals surface area contributed by atoms with Crippen LogP contribution in [0, 0.1) is 0 Å². The van der Waals surface area contributed by atoms with Crippen molar-refractivity contribution < 1.29 is 22.7 Å². The summed E-state index contributed by atoms with van der Waals surface area (Å²) in [5.41, 5.74) is 0. The zero-order valence-electron chi connectivity index (χ0n) is 13.2. The second kappa shape index (κ2) is 8.70. The van der Waals surface area contributed by atoms with Gasteiger partial charge in [0.25, 0.3) is 0 Å². The number of halogens is 3. The average Bonchev–Trinajstić information content (AvgIpc) is 2.72. The Kier molecular flexibility index (Phi) is 6.91. The van der Waals surface area contributed by atoms with Crippen LogP contribution in [0.5, 0.6) is 0 Å². The summed E-state index contributed by atoms with van der Waals surface area (Å²) in [7, 11) is 0. The molecule has 0 aromatic carbocycles. The molecular formula is C14H25F3N4O2. The standard InChI is InChI=1S/C14H25F3N4O2/c15-14(16,17)11-21-5-2-12(10-21)19-13(22)18-3-6-20-4-1-8-23-9-7-20/h12H,1-11H2,(H2,18,19,22)/t12-/m1/s1. The summed E-state index contributed by atoms with van der Waals surface area (Å²) < 4.78 is 42.3. The van der Waals surface area contributed by atoms with E-state index in [1.54, 1.807) is 0 Å². The van der Waals surface area contributed by atoms with Crippen LogP contribution in [0.4, 0.5) is 18.0 Å². The predicted molar refractivity (Wildman–Crippen MR) is 79.3 cm³/mol. The van der Waals surface area contributed by atoms with Gasteiger partial charge < -0.3 is 15.4 Å². The first kappa shape index (κ1) is 18.3. The van der Waals surface area contributed by atoms with Crippen molar-refractivity contribution in [3.8, 4) is 0 Å². The molecule has 0 aliphatic carbocycles. The minimum Gasteiger partial charge on any atom is -0.380 e. The number of urea groups is 1. The second-order valence-corrected chi connectivity index (χ2v) is 6.04. The largest absolute Gasteiger partial charge is 0.401 e. The van der Waals surface area contributed by atoms with E-state index in [-0.39, 0.29) is 18.6 Å². The Morgan fingerprint density at radius 1 is 1.17 bits per heavy atom. The van der Waals surface area contributed by atoms with E-state index in [4.69, 9.17) is 4.74 Å². The van der Waals surface area contributed by atoms with E-state index in [1.807, 2.05) is 0 Å². The van der Waals surface area contributed by atoms with Crippen LogP contribution < -0.4 is 10.6 Å². The molecule has 2 heterocycles. The highest BCUT2D eigenvalue weighted by atomic mass is 19.4. The van der Waals surface area contributed by atoms with Crippen LogP contribution in [0.2, 0.25) is 0 Å². The van der Waals surface area contributed by atoms with Gasteiger partial charge >= 0.3 is 12.2 Å². The van der Waals surface area contributed by atoms with Crippen LogP contribution in [0.15, 0.2) is 0 Å². The molecule has 2 N–H and O–H groups in total. The molecule has 6 nitrogen and oxygen atoms in total. The maximum Gasteiger partial charge on any atom is 0.401 e. The van der Waals surface area contributed by atoms with E-state index in [1.165, 1.54) is 4.90 Å². The monoisotopic (exact) mass is 338 g/mol. The SMILES string of the molecule is O=C(NCCN1CCCOCC1)N[C@@H]1CCN(CC(F)(F)F)C1. The minimum absolute atomic E-state index is 0.219. The first-order chi connectivity index (χ1) is 10.9. The summed E-state index contributed by atoms with van der Waals surface area (Å²) in [6, 6.07) is -0.529. The first-order valence-corrected chi connectivity index (χ1v) is 8.06. The molecule has 1 atom stereocenters. The number of alkyl halides is 3. The van der Waals surface area contributed by atoms with Gasteiger partial charge in [0, 0.05) is 51.9 Å². The number of likely N-dealkylation sites (tertiary alicyclic amines) is 1. The molecule has 2 fully saturated rings. The Hall–Kier alpha value is -1.06. The molecule has 9 heteroatoms. The number of nitrogens with one attached hydrogen (secondary N) is 2. The van der Waals surface area contributed by atoms with Gasteiger partial charge in [0.1, 0.15) is 0 Å². The first-order valence-electron chi connectivity index (χ1n) is 8.06. The Balaban J connectivity index is 1.58. The maximum absolute atomic E-state index is 12.3. The Labute approximate surface area is 134 Å². The van der Waals surface area contributed by atoms with Gasteiger partial charge in [-0.1, -0.05) is 0 Å². The van der Waals surface area contributed by atoms with Gasteiger partial charge in [0.15, 0.2) is 0 Å². The highest BCUT2D eigenvalue weighted by Gasteiger charge is 2.34. The summed E-state index contributed by atoms with van der Waals surface area (Å²) in [5.74, 6) is 0. The Bertz CT molecular complexity index is 374. The van der Waals surface area contributed by atoms with Gasteiger partial charge in [-0.25, -0.2) is 4.79 Å². The maximum atomic E-state index is 12.3. The predicted octanol–water partition coefficient (Wildman–Crippen LogP) is 0.644. The molecule has 2 aliphatic heterocycles. The zero-order valence-corrected chi connectivity index (χ0v) is 13.2. The minimum atomic E-state index is -4.19. The van der Waals surface area contributed by atoms with Crippen molar-refractivity contribution in [3.05, 3.63) is 0 Å². The van der Waals surface area contributed by atoms with E-state index in [0.717, 1.165) is 32.7 Å². The smallest absolute Gasteiger partial charge is 0.380 e. The Morgan fingerprint density at radius 2 is 2.00 bits per heavy atom. The number of hydrogen-bond donors (Lipinski definition) is 2. The molecule has 2 saturated heterocycles. The molecule has 0 spiro atoms. The van der Waals surface area contributed by atoms with Crippen molar-refractivity contribution in [2.75, 3.05) is 59.0 Å². The van der Waals surface area contributed by atoms with Crippen LogP contribution >= 0.6 is 0 Å². The molecule has 0 bridgehead atoms. The summed E-state index contributed by atoms with van der Waals surface area (Å²) in [4.78, 5) is 15.3. The van der Waals surface area contributed by atoms with Gasteiger partial charge in [0.05, 0.1) is 13.2 Å². The van der Waals surface area contributed by atoms with Gasteiger partial charge in [0.2, 0.25) is 0 Å². The fourth-order valence-corrected chi connectivity index (χ4v) is 2.93. The zero-order chi connectivity index (χ0) is 16.7.